The van der Waals surface area contributed by atoms with Crippen LogP contribution in [0.1, 0.15) is 18.5 Å². The largest absolute Gasteiger partial charge is 0.325 e. The first-order valence-corrected chi connectivity index (χ1v) is 6.31. The first-order valence-electron chi connectivity index (χ1n) is 6.31. The Bertz CT molecular complexity index is 519. The molecule has 0 bridgehead atoms. The molecule has 3 heterocycles. The predicted molar refractivity (Wildman–Crippen MR) is 64.9 cm³/mol. The van der Waals surface area contributed by atoms with Crippen LogP contribution in [0, 0.1) is 0 Å². The van der Waals surface area contributed by atoms with Gasteiger partial charge in [0.2, 0.25) is 0 Å². The van der Waals surface area contributed by atoms with E-state index < -0.39 is 5.54 Å². The van der Waals surface area contributed by atoms with Gasteiger partial charge < -0.3 is 10.6 Å². The Balaban J connectivity index is 1.79. The van der Waals surface area contributed by atoms with E-state index in [0.29, 0.717) is 18.7 Å². The summed E-state index contributed by atoms with van der Waals surface area (Å²) in [5.74, 6) is -0.171. The minimum atomic E-state index is -0.766. The number of imide groups is 1. The van der Waals surface area contributed by atoms with Crippen LogP contribution in [0.15, 0.2) is 6.20 Å². The number of urea groups is 1. The van der Waals surface area contributed by atoms with E-state index in [2.05, 4.69) is 20.9 Å². The fourth-order valence-corrected chi connectivity index (χ4v) is 2.64. The molecule has 1 unspecified atom stereocenters. The molecule has 3 amide bonds. The number of hydrogen-bond acceptors (Lipinski definition) is 5. The molecule has 0 aliphatic carbocycles. The Morgan fingerprint density at radius 1 is 1.47 bits per heavy atom. The molecule has 2 fully saturated rings. The molecule has 0 radical (unpaired) electrons. The van der Waals surface area contributed by atoms with Gasteiger partial charge in [0.05, 0.1) is 6.54 Å². The number of carbonyl (C=O) groups is 2. The lowest BCUT2D eigenvalue weighted by molar-refractivity contribution is -0.132. The smallest absolute Gasteiger partial charge is 0.322 e. The summed E-state index contributed by atoms with van der Waals surface area (Å²) >= 11 is 0. The molecule has 2 saturated heterocycles. The highest BCUT2D eigenvalue weighted by molar-refractivity contribution is 6.07. The number of aromatic nitrogens is 3. The van der Waals surface area contributed by atoms with Gasteiger partial charge in [-0.3, -0.25) is 14.4 Å². The maximum Gasteiger partial charge on any atom is 0.325 e. The summed E-state index contributed by atoms with van der Waals surface area (Å²) in [6.07, 6.45) is 3.26. The number of piperidine rings is 1. The Kier molecular flexibility index (Phi) is 2.74. The van der Waals surface area contributed by atoms with Crippen LogP contribution in [0.3, 0.4) is 0 Å². The fourth-order valence-electron chi connectivity index (χ4n) is 2.64. The van der Waals surface area contributed by atoms with Crippen molar-refractivity contribution in [1.82, 2.24) is 30.5 Å². The summed E-state index contributed by atoms with van der Waals surface area (Å²) < 4.78 is 1.55. The van der Waals surface area contributed by atoms with Crippen LogP contribution < -0.4 is 10.6 Å². The third kappa shape index (κ3) is 1.97. The number of nitrogens with zero attached hydrogens (tertiary/aromatic N) is 4. The number of amides is 3. The van der Waals surface area contributed by atoms with Gasteiger partial charge in [0.1, 0.15) is 11.2 Å². The number of hydrogen-bond donors (Lipinski definition) is 2. The Hall–Kier alpha value is -1.96. The Morgan fingerprint density at radius 2 is 2.32 bits per heavy atom. The van der Waals surface area contributed by atoms with Crippen molar-refractivity contribution in [1.29, 1.82) is 0 Å². The molecule has 2 N–H and O–H groups in total. The van der Waals surface area contributed by atoms with Gasteiger partial charge >= 0.3 is 6.03 Å². The number of rotatable bonds is 2. The van der Waals surface area contributed by atoms with Gasteiger partial charge in [0.25, 0.3) is 5.91 Å². The zero-order valence-electron chi connectivity index (χ0n) is 10.7. The van der Waals surface area contributed by atoms with Crippen molar-refractivity contribution in [2.75, 3.05) is 13.1 Å². The molecule has 3 rings (SSSR count). The highest BCUT2D eigenvalue weighted by Crippen LogP contribution is 2.25. The average molecular weight is 264 g/mol. The van der Waals surface area contributed by atoms with Crippen LogP contribution >= 0.6 is 0 Å². The zero-order chi connectivity index (χ0) is 13.5. The fraction of sp³-hybridized carbons (Fsp3) is 0.636. The molecule has 1 aromatic heterocycles. The van der Waals surface area contributed by atoms with E-state index in [0.717, 1.165) is 13.0 Å². The Morgan fingerprint density at radius 3 is 2.95 bits per heavy atom. The molecule has 0 saturated carbocycles. The molecule has 8 nitrogen and oxygen atoms in total. The van der Waals surface area contributed by atoms with E-state index in [4.69, 9.17) is 0 Å². The first kappa shape index (κ1) is 12.1. The molecule has 2 aliphatic rings. The van der Waals surface area contributed by atoms with Gasteiger partial charge in [0.15, 0.2) is 0 Å². The molecular formula is C11H16N6O2. The molecule has 2 aliphatic heterocycles. The molecule has 0 aromatic carbocycles. The lowest BCUT2D eigenvalue weighted by Crippen LogP contribution is -2.57. The molecule has 8 heteroatoms. The van der Waals surface area contributed by atoms with Crippen molar-refractivity contribution in [2.45, 2.75) is 24.9 Å². The standard InChI is InChI=1S/C11H16N6O2/c1-16-5-8(14-15-16)6-17-9(18)11(13-10(17)19)3-2-4-12-7-11/h5,12H,2-4,6-7H2,1H3,(H,13,19). The van der Waals surface area contributed by atoms with Crippen molar-refractivity contribution in [2.24, 2.45) is 7.05 Å². The second-order valence-electron chi connectivity index (χ2n) is 5.07. The van der Waals surface area contributed by atoms with Crippen molar-refractivity contribution >= 4 is 11.9 Å². The van der Waals surface area contributed by atoms with E-state index in [9.17, 15) is 9.59 Å². The molecule has 19 heavy (non-hydrogen) atoms. The third-order valence-corrected chi connectivity index (χ3v) is 3.60. The monoisotopic (exact) mass is 264 g/mol. The number of nitrogens with one attached hydrogen (secondary N) is 2. The average Bonchev–Trinajstić information content (AvgIpc) is 2.89. The summed E-state index contributed by atoms with van der Waals surface area (Å²) in [5, 5.41) is 13.7. The van der Waals surface area contributed by atoms with Crippen LogP contribution in [0.5, 0.6) is 0 Å². The van der Waals surface area contributed by atoms with Crippen LogP contribution in [0.2, 0.25) is 0 Å². The minimum absolute atomic E-state index is 0.167. The number of carbonyl (C=O) groups excluding carboxylic acids is 2. The second-order valence-corrected chi connectivity index (χ2v) is 5.07. The van der Waals surface area contributed by atoms with Gasteiger partial charge in [-0.1, -0.05) is 5.21 Å². The summed E-state index contributed by atoms with van der Waals surface area (Å²) in [5.41, 5.74) is -0.163. The van der Waals surface area contributed by atoms with Gasteiger partial charge in [-0.15, -0.1) is 5.10 Å². The van der Waals surface area contributed by atoms with Gasteiger partial charge in [0, 0.05) is 19.8 Å². The quantitative estimate of drug-likeness (QED) is 0.668. The minimum Gasteiger partial charge on any atom is -0.322 e. The lowest BCUT2D eigenvalue weighted by Gasteiger charge is -2.31. The van der Waals surface area contributed by atoms with Crippen molar-refractivity contribution in [3.8, 4) is 0 Å². The Labute approximate surface area is 110 Å². The van der Waals surface area contributed by atoms with E-state index in [1.807, 2.05) is 0 Å². The second kappa shape index (κ2) is 4.30. The van der Waals surface area contributed by atoms with Crippen LogP contribution in [0.25, 0.3) is 0 Å². The van der Waals surface area contributed by atoms with Crippen molar-refractivity contribution in [3.05, 3.63) is 11.9 Å². The SMILES string of the molecule is Cn1cc(CN2C(=O)NC3(CCCNC3)C2=O)nn1. The maximum atomic E-state index is 12.5. The van der Waals surface area contributed by atoms with Crippen LogP contribution in [-0.2, 0) is 18.4 Å². The number of aryl methyl sites for hydroxylation is 1. The third-order valence-electron chi connectivity index (χ3n) is 3.60. The normalized spacial score (nSPS) is 27.1. The van der Waals surface area contributed by atoms with E-state index in [-0.39, 0.29) is 18.5 Å². The van der Waals surface area contributed by atoms with Crippen molar-refractivity contribution in [3.63, 3.8) is 0 Å². The van der Waals surface area contributed by atoms with E-state index >= 15 is 0 Å². The van der Waals surface area contributed by atoms with Gasteiger partial charge in [-0.2, -0.15) is 0 Å². The predicted octanol–water partition coefficient (Wildman–Crippen LogP) is -1.01. The van der Waals surface area contributed by atoms with E-state index in [1.165, 1.54) is 4.90 Å². The lowest BCUT2D eigenvalue weighted by atomic mass is 9.90. The summed E-state index contributed by atoms with van der Waals surface area (Å²) in [7, 11) is 1.74. The highest BCUT2D eigenvalue weighted by atomic mass is 16.2. The van der Waals surface area contributed by atoms with Crippen LogP contribution in [-0.4, -0.2) is 50.5 Å². The van der Waals surface area contributed by atoms with Crippen LogP contribution in [0.4, 0.5) is 4.79 Å². The molecule has 102 valence electrons. The topological polar surface area (TPSA) is 92.2 Å². The maximum absolute atomic E-state index is 12.5. The molecule has 1 spiro atoms. The highest BCUT2D eigenvalue weighted by Gasteiger charge is 2.51. The first-order chi connectivity index (χ1) is 9.11. The van der Waals surface area contributed by atoms with Gasteiger partial charge in [-0.25, -0.2) is 4.79 Å². The molecular weight excluding hydrogens is 248 g/mol. The summed E-state index contributed by atoms with van der Waals surface area (Å²) in [4.78, 5) is 25.7. The summed E-state index contributed by atoms with van der Waals surface area (Å²) in [6.45, 7) is 1.55. The summed E-state index contributed by atoms with van der Waals surface area (Å²) in [6, 6.07) is -0.348. The zero-order valence-corrected chi connectivity index (χ0v) is 10.7. The molecule has 1 aromatic rings. The van der Waals surface area contributed by atoms with Gasteiger partial charge in [-0.05, 0) is 19.4 Å². The molecule has 1 atom stereocenters. The van der Waals surface area contributed by atoms with Crippen molar-refractivity contribution < 1.29 is 9.59 Å². The van der Waals surface area contributed by atoms with E-state index in [1.54, 1.807) is 17.9 Å².